The fourth-order valence-electron chi connectivity index (χ4n) is 1.97. The fourth-order valence-corrected chi connectivity index (χ4v) is 2.73. The van der Waals surface area contributed by atoms with Crippen molar-refractivity contribution >= 4 is 11.8 Å². The van der Waals surface area contributed by atoms with Gasteiger partial charge in [0.15, 0.2) is 0 Å². The van der Waals surface area contributed by atoms with E-state index in [0.717, 1.165) is 32.8 Å². The van der Waals surface area contributed by atoms with Crippen LogP contribution in [0.4, 0.5) is 0 Å². The monoisotopic (exact) mass is 230 g/mol. The maximum atomic E-state index is 5.32. The number of nitrogens with one attached hydrogen (secondary N) is 1. The maximum absolute atomic E-state index is 5.32. The summed E-state index contributed by atoms with van der Waals surface area (Å²) in [6.45, 7) is 7.53. The van der Waals surface area contributed by atoms with E-state index < -0.39 is 0 Å². The first kappa shape index (κ1) is 11.7. The Bertz CT molecular complexity index is 191. The Morgan fingerprint density at radius 3 is 2.67 bits per heavy atom. The molecule has 0 aromatic heterocycles. The summed E-state index contributed by atoms with van der Waals surface area (Å²) in [5.41, 5.74) is 0. The van der Waals surface area contributed by atoms with E-state index in [9.17, 15) is 0 Å². The lowest BCUT2D eigenvalue weighted by Gasteiger charge is -2.26. The van der Waals surface area contributed by atoms with Crippen LogP contribution in [0.15, 0.2) is 0 Å². The maximum Gasteiger partial charge on any atom is 0.0594 e. The molecule has 1 aliphatic carbocycles. The minimum Gasteiger partial charge on any atom is -0.379 e. The van der Waals surface area contributed by atoms with Crippen molar-refractivity contribution in [3.63, 3.8) is 0 Å². The standard InChI is InChI=1S/C11H22N2OS/c1-15-11(2-3-11)10-12-4-5-13-6-8-14-9-7-13/h12H,2-10H2,1H3. The number of rotatable bonds is 6. The summed E-state index contributed by atoms with van der Waals surface area (Å²) in [5, 5.41) is 3.58. The molecule has 0 radical (unpaired) electrons. The predicted octanol–water partition coefficient (Wildman–Crippen LogP) is 0.804. The van der Waals surface area contributed by atoms with Gasteiger partial charge in [-0.3, -0.25) is 4.90 Å². The van der Waals surface area contributed by atoms with Crippen molar-refractivity contribution in [2.24, 2.45) is 0 Å². The average Bonchev–Trinajstić information content (AvgIpc) is 3.07. The minimum atomic E-state index is 0.602. The van der Waals surface area contributed by atoms with E-state index in [0.29, 0.717) is 4.75 Å². The Kier molecular flexibility index (Phi) is 4.31. The Morgan fingerprint density at radius 2 is 2.07 bits per heavy atom. The second-order valence-electron chi connectivity index (χ2n) is 4.52. The molecule has 2 rings (SSSR count). The van der Waals surface area contributed by atoms with Crippen LogP contribution >= 0.6 is 11.8 Å². The Balaban J connectivity index is 1.51. The van der Waals surface area contributed by atoms with Crippen molar-refractivity contribution in [2.45, 2.75) is 17.6 Å². The lowest BCUT2D eigenvalue weighted by Crippen LogP contribution is -2.41. The predicted molar refractivity (Wildman–Crippen MR) is 65.6 cm³/mol. The number of hydrogen-bond donors (Lipinski definition) is 1. The molecule has 0 unspecified atom stereocenters. The molecule has 1 saturated carbocycles. The summed E-state index contributed by atoms with van der Waals surface area (Å²) in [6.07, 6.45) is 5.04. The molecular weight excluding hydrogens is 208 g/mol. The normalized spacial score (nSPS) is 25.4. The highest BCUT2D eigenvalue weighted by atomic mass is 32.2. The van der Waals surface area contributed by atoms with Gasteiger partial charge < -0.3 is 10.1 Å². The van der Waals surface area contributed by atoms with E-state index in [-0.39, 0.29) is 0 Å². The van der Waals surface area contributed by atoms with Gasteiger partial charge in [-0.15, -0.1) is 0 Å². The van der Waals surface area contributed by atoms with Crippen molar-refractivity contribution in [3.8, 4) is 0 Å². The molecule has 0 atom stereocenters. The topological polar surface area (TPSA) is 24.5 Å². The molecule has 0 aromatic rings. The highest BCUT2D eigenvalue weighted by Crippen LogP contribution is 2.46. The summed E-state index contributed by atoms with van der Waals surface area (Å²) >= 11 is 2.03. The van der Waals surface area contributed by atoms with Gasteiger partial charge in [-0.1, -0.05) is 0 Å². The largest absolute Gasteiger partial charge is 0.379 e. The van der Waals surface area contributed by atoms with Crippen LogP contribution in [-0.2, 0) is 4.74 Å². The lowest BCUT2D eigenvalue weighted by molar-refractivity contribution is 0.0384. The third-order valence-electron chi connectivity index (χ3n) is 3.40. The first-order chi connectivity index (χ1) is 7.35. The van der Waals surface area contributed by atoms with Gasteiger partial charge in [0.05, 0.1) is 13.2 Å². The molecule has 1 aliphatic heterocycles. The van der Waals surface area contributed by atoms with Crippen LogP contribution < -0.4 is 5.32 Å². The van der Waals surface area contributed by atoms with Gasteiger partial charge in [0, 0.05) is 37.5 Å². The van der Waals surface area contributed by atoms with Gasteiger partial charge in [0.2, 0.25) is 0 Å². The minimum absolute atomic E-state index is 0.602. The lowest BCUT2D eigenvalue weighted by atomic mass is 10.4. The number of ether oxygens (including phenoxy) is 1. The van der Waals surface area contributed by atoms with Crippen molar-refractivity contribution in [1.29, 1.82) is 0 Å². The highest BCUT2D eigenvalue weighted by molar-refractivity contribution is 8.00. The van der Waals surface area contributed by atoms with Gasteiger partial charge in [-0.05, 0) is 19.1 Å². The summed E-state index contributed by atoms with van der Waals surface area (Å²) in [4.78, 5) is 2.48. The number of morpholine rings is 1. The molecule has 1 heterocycles. The molecular formula is C11H22N2OS. The molecule has 1 saturated heterocycles. The summed E-state index contributed by atoms with van der Waals surface area (Å²) in [6, 6.07) is 0. The van der Waals surface area contributed by atoms with Crippen molar-refractivity contribution in [2.75, 3.05) is 52.2 Å². The van der Waals surface area contributed by atoms with Crippen LogP contribution in [0.25, 0.3) is 0 Å². The quantitative estimate of drug-likeness (QED) is 0.682. The van der Waals surface area contributed by atoms with Crippen LogP contribution in [0, 0.1) is 0 Å². The van der Waals surface area contributed by atoms with Crippen LogP contribution in [0.3, 0.4) is 0 Å². The SMILES string of the molecule is CSC1(CNCCN2CCOCC2)CC1. The number of hydrogen-bond acceptors (Lipinski definition) is 4. The molecule has 3 nitrogen and oxygen atoms in total. The molecule has 15 heavy (non-hydrogen) atoms. The van der Waals surface area contributed by atoms with E-state index >= 15 is 0 Å². The third kappa shape index (κ3) is 3.63. The van der Waals surface area contributed by atoms with Gasteiger partial charge in [0.25, 0.3) is 0 Å². The van der Waals surface area contributed by atoms with E-state index in [1.807, 2.05) is 11.8 Å². The summed E-state index contributed by atoms with van der Waals surface area (Å²) in [7, 11) is 0. The molecule has 0 aromatic carbocycles. The van der Waals surface area contributed by atoms with Gasteiger partial charge in [-0.25, -0.2) is 0 Å². The molecule has 2 fully saturated rings. The van der Waals surface area contributed by atoms with Gasteiger partial charge >= 0.3 is 0 Å². The number of thioether (sulfide) groups is 1. The second-order valence-corrected chi connectivity index (χ2v) is 5.79. The van der Waals surface area contributed by atoms with Crippen molar-refractivity contribution < 1.29 is 4.74 Å². The summed E-state index contributed by atoms with van der Waals surface area (Å²) < 4.78 is 5.92. The number of nitrogens with zero attached hydrogens (tertiary/aromatic N) is 1. The van der Waals surface area contributed by atoms with Crippen LogP contribution in [0.5, 0.6) is 0 Å². The van der Waals surface area contributed by atoms with E-state index in [4.69, 9.17) is 4.74 Å². The third-order valence-corrected chi connectivity index (χ3v) is 4.81. The van der Waals surface area contributed by atoms with E-state index in [1.54, 1.807) is 0 Å². The first-order valence-electron chi connectivity index (χ1n) is 5.91. The fraction of sp³-hybridized carbons (Fsp3) is 1.00. The average molecular weight is 230 g/mol. The zero-order chi connectivity index (χ0) is 10.6. The van der Waals surface area contributed by atoms with Crippen molar-refractivity contribution in [1.82, 2.24) is 10.2 Å². The molecule has 2 aliphatic rings. The molecule has 0 bridgehead atoms. The Morgan fingerprint density at radius 1 is 1.33 bits per heavy atom. The molecule has 88 valence electrons. The van der Waals surface area contributed by atoms with Gasteiger partial charge in [0.1, 0.15) is 0 Å². The second kappa shape index (κ2) is 5.53. The summed E-state index contributed by atoms with van der Waals surface area (Å²) in [5.74, 6) is 0. The molecule has 0 spiro atoms. The van der Waals surface area contributed by atoms with Gasteiger partial charge in [-0.2, -0.15) is 11.8 Å². The Labute approximate surface area is 96.9 Å². The first-order valence-corrected chi connectivity index (χ1v) is 7.13. The van der Waals surface area contributed by atoms with E-state index in [1.165, 1.54) is 25.9 Å². The zero-order valence-corrected chi connectivity index (χ0v) is 10.4. The smallest absolute Gasteiger partial charge is 0.0594 e. The molecule has 0 amide bonds. The van der Waals surface area contributed by atoms with Crippen LogP contribution in [0.1, 0.15) is 12.8 Å². The van der Waals surface area contributed by atoms with Crippen LogP contribution in [-0.4, -0.2) is 61.8 Å². The Hall–Kier alpha value is 0.230. The molecule has 1 N–H and O–H groups in total. The van der Waals surface area contributed by atoms with Crippen LogP contribution in [0.2, 0.25) is 0 Å². The highest BCUT2D eigenvalue weighted by Gasteiger charge is 2.41. The molecule has 4 heteroatoms. The van der Waals surface area contributed by atoms with E-state index in [2.05, 4.69) is 16.5 Å². The zero-order valence-electron chi connectivity index (χ0n) is 9.63. The van der Waals surface area contributed by atoms with Crippen molar-refractivity contribution in [3.05, 3.63) is 0 Å².